The number of hydrogen-bond donors (Lipinski definition) is 1. The predicted molar refractivity (Wildman–Crippen MR) is 138 cm³/mol. The van der Waals surface area contributed by atoms with E-state index in [9.17, 15) is 13.2 Å². The summed E-state index contributed by atoms with van der Waals surface area (Å²) in [4.78, 5) is 12.6. The van der Waals surface area contributed by atoms with Crippen LogP contribution in [0.5, 0.6) is 5.75 Å². The molecule has 0 saturated carbocycles. The van der Waals surface area contributed by atoms with E-state index in [4.69, 9.17) is 27.9 Å². The molecule has 35 heavy (non-hydrogen) atoms. The van der Waals surface area contributed by atoms with Gasteiger partial charge in [0.25, 0.3) is 5.91 Å². The molecule has 0 aliphatic rings. The Balaban J connectivity index is 1.72. The van der Waals surface area contributed by atoms with Gasteiger partial charge in [0.2, 0.25) is 10.0 Å². The molecule has 0 heterocycles. The predicted octanol–water partition coefficient (Wildman–Crippen LogP) is 4.90. The molecule has 7 nitrogen and oxygen atoms in total. The number of hydrogen-bond acceptors (Lipinski definition) is 5. The summed E-state index contributed by atoms with van der Waals surface area (Å²) < 4.78 is 33.0. The molecule has 0 saturated heterocycles. The monoisotopic (exact) mass is 531 g/mol. The Morgan fingerprint density at radius 2 is 1.74 bits per heavy atom. The van der Waals surface area contributed by atoms with Crippen molar-refractivity contribution < 1.29 is 17.9 Å². The maximum Gasteiger partial charge on any atom is 0.255 e. The van der Waals surface area contributed by atoms with Crippen molar-refractivity contribution in [1.82, 2.24) is 9.73 Å². The van der Waals surface area contributed by atoms with E-state index < -0.39 is 22.5 Å². The van der Waals surface area contributed by atoms with E-state index in [1.807, 2.05) is 0 Å². The minimum atomic E-state index is -4.02. The SMILES string of the molecule is C=CCOc1ccc(/C=N\NC(=O)CN(Cc2cccc(Cl)c2)S(=O)(=O)c2ccc(Cl)cc2)cc1. The van der Waals surface area contributed by atoms with Gasteiger partial charge in [-0.25, -0.2) is 13.8 Å². The summed E-state index contributed by atoms with van der Waals surface area (Å²) in [5.74, 6) is 0.0712. The van der Waals surface area contributed by atoms with Crippen LogP contribution in [0.1, 0.15) is 11.1 Å². The Labute approximate surface area is 214 Å². The molecule has 1 N–H and O–H groups in total. The van der Waals surface area contributed by atoms with Crippen molar-refractivity contribution >= 4 is 45.3 Å². The number of rotatable bonds is 11. The lowest BCUT2D eigenvalue weighted by molar-refractivity contribution is -0.121. The Morgan fingerprint density at radius 1 is 1.03 bits per heavy atom. The van der Waals surface area contributed by atoms with E-state index in [2.05, 4.69) is 17.1 Å². The van der Waals surface area contributed by atoms with E-state index >= 15 is 0 Å². The number of benzene rings is 3. The van der Waals surface area contributed by atoms with Gasteiger partial charge in [0.15, 0.2) is 0 Å². The van der Waals surface area contributed by atoms with E-state index in [-0.39, 0.29) is 11.4 Å². The lowest BCUT2D eigenvalue weighted by Gasteiger charge is -2.21. The van der Waals surface area contributed by atoms with Crippen LogP contribution < -0.4 is 10.2 Å². The molecule has 1 amide bonds. The van der Waals surface area contributed by atoms with Crippen LogP contribution in [0.2, 0.25) is 10.0 Å². The molecular weight excluding hydrogens is 509 g/mol. The second-order valence-corrected chi connectivity index (χ2v) is 10.1. The van der Waals surface area contributed by atoms with Crippen molar-refractivity contribution in [2.45, 2.75) is 11.4 Å². The number of sulfonamides is 1. The van der Waals surface area contributed by atoms with E-state index in [1.165, 1.54) is 30.5 Å². The minimum Gasteiger partial charge on any atom is -0.490 e. The van der Waals surface area contributed by atoms with Crippen molar-refractivity contribution in [2.24, 2.45) is 5.10 Å². The van der Waals surface area contributed by atoms with Crippen molar-refractivity contribution in [3.63, 3.8) is 0 Å². The molecule has 182 valence electrons. The summed E-state index contributed by atoms with van der Waals surface area (Å²) in [5, 5.41) is 4.79. The highest BCUT2D eigenvalue weighted by Gasteiger charge is 2.27. The number of ether oxygens (including phenoxy) is 1. The van der Waals surface area contributed by atoms with Crippen LogP contribution in [-0.2, 0) is 21.4 Å². The first kappa shape index (κ1) is 26.4. The van der Waals surface area contributed by atoms with Crippen molar-refractivity contribution in [2.75, 3.05) is 13.2 Å². The second kappa shape index (κ2) is 12.5. The fraction of sp³-hybridized carbons (Fsp3) is 0.120. The summed E-state index contributed by atoms with van der Waals surface area (Å²) >= 11 is 11.9. The molecule has 3 rings (SSSR count). The number of nitrogens with one attached hydrogen (secondary N) is 1. The molecule has 0 unspecified atom stereocenters. The van der Waals surface area contributed by atoms with E-state index in [0.29, 0.717) is 28.0 Å². The lowest BCUT2D eigenvalue weighted by atomic mass is 10.2. The van der Waals surface area contributed by atoms with Gasteiger partial charge < -0.3 is 4.74 Å². The zero-order valence-corrected chi connectivity index (χ0v) is 20.9. The fourth-order valence-electron chi connectivity index (χ4n) is 3.00. The molecule has 10 heteroatoms. The maximum atomic E-state index is 13.3. The van der Waals surface area contributed by atoms with Gasteiger partial charge >= 0.3 is 0 Å². The molecule has 0 fully saturated rings. The van der Waals surface area contributed by atoms with Crippen molar-refractivity contribution in [3.8, 4) is 5.75 Å². The quantitative estimate of drug-likeness (QED) is 0.216. The average molecular weight is 532 g/mol. The van der Waals surface area contributed by atoms with Gasteiger partial charge in [-0.2, -0.15) is 9.41 Å². The number of carbonyl (C=O) groups excluding carboxylic acids is 1. The van der Waals surface area contributed by atoms with Crippen LogP contribution in [0.4, 0.5) is 0 Å². The number of amides is 1. The van der Waals surface area contributed by atoms with E-state index in [1.54, 1.807) is 54.6 Å². The van der Waals surface area contributed by atoms with Crippen LogP contribution in [0, 0.1) is 0 Å². The maximum absolute atomic E-state index is 13.3. The third-order valence-corrected chi connectivity index (χ3v) is 6.96. The lowest BCUT2D eigenvalue weighted by Crippen LogP contribution is -2.39. The zero-order chi connectivity index (χ0) is 25.3. The summed E-state index contributed by atoms with van der Waals surface area (Å²) in [5.41, 5.74) is 3.73. The number of nitrogens with zero attached hydrogens (tertiary/aromatic N) is 2. The number of hydrazone groups is 1. The van der Waals surface area contributed by atoms with Crippen LogP contribution in [0.3, 0.4) is 0 Å². The first-order valence-electron chi connectivity index (χ1n) is 10.4. The molecule has 0 aliphatic heterocycles. The summed E-state index contributed by atoms with van der Waals surface area (Å²) in [6.45, 7) is 3.48. The zero-order valence-electron chi connectivity index (χ0n) is 18.6. The fourth-order valence-corrected chi connectivity index (χ4v) is 4.72. The topological polar surface area (TPSA) is 88.1 Å². The molecule has 0 radical (unpaired) electrons. The van der Waals surface area contributed by atoms with Gasteiger partial charge in [0.05, 0.1) is 17.7 Å². The average Bonchev–Trinajstić information content (AvgIpc) is 2.83. The van der Waals surface area contributed by atoms with Crippen LogP contribution >= 0.6 is 23.2 Å². The molecule has 3 aromatic carbocycles. The van der Waals surface area contributed by atoms with Crippen LogP contribution in [0.25, 0.3) is 0 Å². The summed E-state index contributed by atoms with van der Waals surface area (Å²) in [7, 11) is -4.02. The van der Waals surface area contributed by atoms with Gasteiger partial charge in [-0.05, 0) is 71.8 Å². The number of halogens is 2. The molecule has 3 aromatic rings. The van der Waals surface area contributed by atoms with Crippen LogP contribution in [0.15, 0.2) is 95.4 Å². The van der Waals surface area contributed by atoms with Crippen molar-refractivity contribution in [1.29, 1.82) is 0 Å². The summed E-state index contributed by atoms with van der Waals surface area (Å²) in [6.07, 6.45) is 3.10. The van der Waals surface area contributed by atoms with Gasteiger partial charge in [-0.3, -0.25) is 4.79 Å². The standard InChI is InChI=1S/C25H23Cl2N3O4S/c1-2-14-34-23-10-6-19(7-11-23)16-28-29-25(31)18-30(17-20-4-3-5-22(27)15-20)35(32,33)24-12-8-21(26)9-13-24/h2-13,15-16H,1,14,17-18H2,(H,29,31)/b28-16-. The molecule has 0 aromatic heterocycles. The third-order valence-electron chi connectivity index (χ3n) is 4.67. The summed E-state index contributed by atoms with van der Waals surface area (Å²) in [6, 6.07) is 19.6. The molecule has 0 bridgehead atoms. The Hall–Kier alpha value is -3.17. The Bertz CT molecular complexity index is 1300. The first-order chi connectivity index (χ1) is 16.8. The Morgan fingerprint density at radius 3 is 2.40 bits per heavy atom. The molecular formula is C25H23Cl2N3O4S. The highest BCUT2D eigenvalue weighted by atomic mass is 35.5. The smallest absolute Gasteiger partial charge is 0.255 e. The molecule has 0 atom stereocenters. The highest BCUT2D eigenvalue weighted by molar-refractivity contribution is 7.89. The highest BCUT2D eigenvalue weighted by Crippen LogP contribution is 2.21. The van der Waals surface area contributed by atoms with Gasteiger partial charge in [-0.1, -0.05) is 48.0 Å². The van der Waals surface area contributed by atoms with Crippen LogP contribution in [-0.4, -0.2) is 38.0 Å². The van der Waals surface area contributed by atoms with Gasteiger partial charge in [0.1, 0.15) is 12.4 Å². The van der Waals surface area contributed by atoms with E-state index in [0.717, 1.165) is 9.87 Å². The molecule has 0 spiro atoms. The van der Waals surface area contributed by atoms with Crippen molar-refractivity contribution in [3.05, 3.63) is 107 Å². The second-order valence-electron chi connectivity index (χ2n) is 7.32. The van der Waals surface area contributed by atoms with Gasteiger partial charge in [-0.15, -0.1) is 0 Å². The van der Waals surface area contributed by atoms with Gasteiger partial charge in [0, 0.05) is 16.6 Å². The number of carbonyl (C=O) groups is 1. The third kappa shape index (κ3) is 7.93. The largest absolute Gasteiger partial charge is 0.490 e. The normalized spacial score (nSPS) is 11.5. The molecule has 0 aliphatic carbocycles. The minimum absolute atomic E-state index is 0.0130. The Kier molecular flexibility index (Phi) is 9.45. The first-order valence-corrected chi connectivity index (χ1v) is 12.6.